The van der Waals surface area contributed by atoms with Crippen molar-refractivity contribution in [1.29, 1.82) is 0 Å². The topological polar surface area (TPSA) is 35.5 Å². The average Bonchev–Trinajstić information content (AvgIpc) is 2.48. The minimum atomic E-state index is 0.176. The van der Waals surface area contributed by atoms with Gasteiger partial charge in [-0.05, 0) is 37.8 Å². The number of carbonyl (C=O) groups is 1. The lowest BCUT2D eigenvalue weighted by Crippen LogP contribution is -2.24. The van der Waals surface area contributed by atoms with Crippen LogP contribution in [0.5, 0.6) is 0 Å². The van der Waals surface area contributed by atoms with Crippen LogP contribution in [0.25, 0.3) is 0 Å². The van der Waals surface area contributed by atoms with Crippen LogP contribution in [0.2, 0.25) is 0 Å². The van der Waals surface area contributed by atoms with Gasteiger partial charge >= 0.3 is 0 Å². The average molecular weight is 341 g/mol. The molecule has 0 spiro atoms. The lowest BCUT2D eigenvalue weighted by atomic mass is 10.1. The summed E-state index contributed by atoms with van der Waals surface area (Å²) in [5, 5.41) is 0. The zero-order chi connectivity index (χ0) is 14.2. The first-order chi connectivity index (χ1) is 9.75. The second kappa shape index (κ2) is 8.55. The largest absolute Gasteiger partial charge is 0.379 e. The third kappa shape index (κ3) is 5.35. The molecule has 0 radical (unpaired) electrons. The maximum Gasteiger partial charge on any atom is 0.162 e. The van der Waals surface area contributed by atoms with Crippen LogP contribution in [0, 0.1) is 0 Å². The van der Waals surface area contributed by atoms with Crippen LogP contribution >= 0.6 is 15.9 Å². The molecule has 1 aliphatic rings. The van der Waals surface area contributed by atoms with E-state index in [0.29, 0.717) is 19.6 Å². The summed E-state index contributed by atoms with van der Waals surface area (Å²) in [5.74, 6) is 0.176. The van der Waals surface area contributed by atoms with Gasteiger partial charge < -0.3 is 9.47 Å². The molecule has 1 atom stereocenters. The fourth-order valence-electron chi connectivity index (χ4n) is 2.27. The van der Waals surface area contributed by atoms with Crippen molar-refractivity contribution in [2.75, 3.05) is 19.8 Å². The highest BCUT2D eigenvalue weighted by Crippen LogP contribution is 2.14. The highest BCUT2D eigenvalue weighted by atomic mass is 79.9. The zero-order valence-corrected chi connectivity index (χ0v) is 13.2. The monoisotopic (exact) mass is 340 g/mol. The Morgan fingerprint density at radius 1 is 1.30 bits per heavy atom. The van der Waals surface area contributed by atoms with Crippen molar-refractivity contribution in [2.45, 2.75) is 38.2 Å². The molecular formula is C16H21BrO3. The standard InChI is InChI=1S/C16H21BrO3/c17-14-8-6-13(7-9-14)16(18)5-3-10-19-12-15-4-1-2-11-20-15/h6-9,15H,1-5,10-12H2. The fourth-order valence-corrected chi connectivity index (χ4v) is 2.53. The van der Waals surface area contributed by atoms with Crippen molar-refractivity contribution >= 4 is 21.7 Å². The van der Waals surface area contributed by atoms with Gasteiger partial charge in [-0.2, -0.15) is 0 Å². The third-order valence-corrected chi connectivity index (χ3v) is 3.97. The van der Waals surface area contributed by atoms with Gasteiger partial charge in [0.25, 0.3) is 0 Å². The van der Waals surface area contributed by atoms with Crippen molar-refractivity contribution in [3.05, 3.63) is 34.3 Å². The van der Waals surface area contributed by atoms with E-state index in [1.54, 1.807) is 0 Å². The number of hydrogen-bond acceptors (Lipinski definition) is 3. The van der Waals surface area contributed by atoms with Crippen LogP contribution in [-0.2, 0) is 9.47 Å². The van der Waals surface area contributed by atoms with E-state index in [4.69, 9.17) is 9.47 Å². The van der Waals surface area contributed by atoms with Gasteiger partial charge in [-0.3, -0.25) is 4.79 Å². The van der Waals surface area contributed by atoms with Crippen molar-refractivity contribution in [3.8, 4) is 0 Å². The maximum absolute atomic E-state index is 11.9. The van der Waals surface area contributed by atoms with Crippen LogP contribution in [-0.4, -0.2) is 31.7 Å². The first-order valence-corrected chi connectivity index (χ1v) is 8.03. The molecule has 1 aromatic rings. The Morgan fingerprint density at radius 3 is 2.80 bits per heavy atom. The van der Waals surface area contributed by atoms with E-state index in [1.165, 1.54) is 6.42 Å². The summed E-state index contributed by atoms with van der Waals surface area (Å²) in [6.07, 6.45) is 5.05. The molecular weight excluding hydrogens is 320 g/mol. The van der Waals surface area contributed by atoms with E-state index >= 15 is 0 Å². The van der Waals surface area contributed by atoms with E-state index < -0.39 is 0 Å². The third-order valence-electron chi connectivity index (χ3n) is 3.44. The van der Waals surface area contributed by atoms with Crippen molar-refractivity contribution < 1.29 is 14.3 Å². The van der Waals surface area contributed by atoms with Crippen molar-refractivity contribution in [3.63, 3.8) is 0 Å². The maximum atomic E-state index is 11.9. The molecule has 4 heteroatoms. The number of Topliss-reactive ketones (excluding diaryl/α,β-unsaturated/α-hetero) is 1. The Morgan fingerprint density at radius 2 is 2.10 bits per heavy atom. The second-order valence-corrected chi connectivity index (χ2v) is 6.01. The molecule has 0 bridgehead atoms. The van der Waals surface area contributed by atoms with Gasteiger partial charge in [-0.15, -0.1) is 0 Å². The normalized spacial score (nSPS) is 18.9. The minimum Gasteiger partial charge on any atom is -0.379 e. The highest BCUT2D eigenvalue weighted by molar-refractivity contribution is 9.10. The molecule has 1 unspecified atom stereocenters. The predicted octanol–water partition coefficient (Wildman–Crippen LogP) is 4.00. The molecule has 1 aromatic carbocycles. The number of ketones is 1. The zero-order valence-electron chi connectivity index (χ0n) is 11.6. The molecule has 1 heterocycles. The number of ether oxygens (including phenoxy) is 2. The van der Waals surface area contributed by atoms with Crippen LogP contribution in [0.4, 0.5) is 0 Å². The summed E-state index contributed by atoms with van der Waals surface area (Å²) in [6, 6.07) is 7.49. The van der Waals surface area contributed by atoms with E-state index in [1.807, 2.05) is 24.3 Å². The molecule has 0 saturated carbocycles. The van der Waals surface area contributed by atoms with Crippen LogP contribution in [0.1, 0.15) is 42.5 Å². The quantitative estimate of drug-likeness (QED) is 0.556. The van der Waals surface area contributed by atoms with Gasteiger partial charge in [0.05, 0.1) is 12.7 Å². The Labute approximate surface area is 128 Å². The fraction of sp³-hybridized carbons (Fsp3) is 0.562. The summed E-state index contributed by atoms with van der Waals surface area (Å²) in [4.78, 5) is 11.9. The van der Waals surface area contributed by atoms with Crippen LogP contribution in [0.15, 0.2) is 28.7 Å². The smallest absolute Gasteiger partial charge is 0.162 e. The number of halogens is 1. The Balaban J connectivity index is 1.58. The summed E-state index contributed by atoms with van der Waals surface area (Å²) in [7, 11) is 0. The van der Waals surface area contributed by atoms with E-state index in [2.05, 4.69) is 15.9 Å². The molecule has 1 fully saturated rings. The van der Waals surface area contributed by atoms with E-state index in [-0.39, 0.29) is 11.9 Å². The highest BCUT2D eigenvalue weighted by Gasteiger charge is 2.13. The van der Waals surface area contributed by atoms with Crippen molar-refractivity contribution in [2.24, 2.45) is 0 Å². The van der Waals surface area contributed by atoms with Crippen LogP contribution in [0.3, 0.4) is 0 Å². The summed E-state index contributed by atoms with van der Waals surface area (Å²) in [5.41, 5.74) is 0.767. The van der Waals surface area contributed by atoms with Gasteiger partial charge in [-0.25, -0.2) is 0 Å². The van der Waals surface area contributed by atoms with Gasteiger partial charge in [-0.1, -0.05) is 28.1 Å². The van der Waals surface area contributed by atoms with Gasteiger partial charge in [0.1, 0.15) is 0 Å². The predicted molar refractivity (Wildman–Crippen MR) is 82.1 cm³/mol. The molecule has 0 aromatic heterocycles. The van der Waals surface area contributed by atoms with Gasteiger partial charge in [0.15, 0.2) is 5.78 Å². The first kappa shape index (κ1) is 15.7. The lowest BCUT2D eigenvalue weighted by molar-refractivity contribution is -0.0408. The van der Waals surface area contributed by atoms with Crippen LogP contribution < -0.4 is 0 Å². The van der Waals surface area contributed by atoms with E-state index in [0.717, 1.165) is 35.9 Å². The molecule has 1 saturated heterocycles. The molecule has 0 N–H and O–H groups in total. The molecule has 1 aliphatic heterocycles. The lowest BCUT2D eigenvalue weighted by Gasteiger charge is -2.22. The molecule has 0 aliphatic carbocycles. The number of carbonyl (C=O) groups excluding carboxylic acids is 1. The first-order valence-electron chi connectivity index (χ1n) is 7.24. The number of benzene rings is 1. The minimum absolute atomic E-state index is 0.176. The van der Waals surface area contributed by atoms with Gasteiger partial charge in [0, 0.05) is 29.7 Å². The SMILES string of the molecule is O=C(CCCOCC1CCCCO1)c1ccc(Br)cc1. The molecule has 110 valence electrons. The second-order valence-electron chi connectivity index (χ2n) is 5.10. The molecule has 20 heavy (non-hydrogen) atoms. The molecule has 3 nitrogen and oxygen atoms in total. The number of rotatable bonds is 7. The van der Waals surface area contributed by atoms with Gasteiger partial charge in [0.2, 0.25) is 0 Å². The van der Waals surface area contributed by atoms with E-state index in [9.17, 15) is 4.79 Å². The summed E-state index contributed by atoms with van der Waals surface area (Å²) in [6.45, 7) is 2.14. The molecule has 2 rings (SSSR count). The molecule has 0 amide bonds. The summed E-state index contributed by atoms with van der Waals surface area (Å²) >= 11 is 3.36. The Kier molecular flexibility index (Phi) is 6.70. The number of hydrogen-bond donors (Lipinski definition) is 0. The Hall–Kier alpha value is -0.710. The Bertz CT molecular complexity index is 410. The summed E-state index contributed by atoms with van der Waals surface area (Å²) < 4.78 is 12.2. The van der Waals surface area contributed by atoms with Crippen molar-refractivity contribution in [1.82, 2.24) is 0 Å².